The van der Waals surface area contributed by atoms with Crippen LogP contribution in [0, 0.1) is 0 Å². The highest BCUT2D eigenvalue weighted by Crippen LogP contribution is 2.16. The molecule has 6 nitrogen and oxygen atoms in total. The smallest absolute Gasteiger partial charge is 0.191 e. The molecular formula is C20H26ClN3O3S. The van der Waals surface area contributed by atoms with Crippen molar-refractivity contribution in [3.8, 4) is 5.75 Å². The molecule has 152 valence electrons. The predicted molar refractivity (Wildman–Crippen MR) is 114 cm³/mol. The summed E-state index contributed by atoms with van der Waals surface area (Å²) in [4.78, 5) is 4.82. The highest BCUT2D eigenvalue weighted by molar-refractivity contribution is 7.90. The van der Waals surface area contributed by atoms with Gasteiger partial charge in [0, 0.05) is 24.4 Å². The van der Waals surface area contributed by atoms with Crippen molar-refractivity contribution in [1.29, 1.82) is 0 Å². The van der Waals surface area contributed by atoms with Crippen LogP contribution in [0.1, 0.15) is 12.5 Å². The standard InChI is InChI=1S/C20H26ClN3O3S/c1-3-22-20(23-13-12-16-6-4-5-7-19(16)21)24-14-15-27-17-8-10-18(11-9-17)28(2,25)26/h4-11H,3,12-15H2,1-2H3,(H2,22,23,24). The zero-order valence-corrected chi connectivity index (χ0v) is 17.7. The summed E-state index contributed by atoms with van der Waals surface area (Å²) < 4.78 is 28.6. The van der Waals surface area contributed by atoms with Crippen LogP contribution < -0.4 is 15.4 Å². The van der Waals surface area contributed by atoms with Crippen LogP contribution in [0.3, 0.4) is 0 Å². The van der Waals surface area contributed by atoms with E-state index in [2.05, 4.69) is 15.6 Å². The molecule has 2 aromatic rings. The van der Waals surface area contributed by atoms with Gasteiger partial charge in [0.1, 0.15) is 12.4 Å². The number of guanidine groups is 1. The Kier molecular flexibility index (Phi) is 8.60. The molecule has 0 atom stereocenters. The maximum absolute atomic E-state index is 11.5. The van der Waals surface area contributed by atoms with E-state index >= 15 is 0 Å². The Morgan fingerprint density at radius 3 is 2.46 bits per heavy atom. The molecule has 0 fully saturated rings. The Balaban J connectivity index is 1.78. The Bertz CT molecular complexity index is 884. The summed E-state index contributed by atoms with van der Waals surface area (Å²) >= 11 is 6.17. The number of benzene rings is 2. The van der Waals surface area contributed by atoms with E-state index in [1.165, 1.54) is 6.26 Å². The quantitative estimate of drug-likeness (QED) is 0.368. The van der Waals surface area contributed by atoms with E-state index in [1.807, 2.05) is 31.2 Å². The SMILES string of the molecule is CCNC(=NCCc1ccccc1Cl)NCCOc1ccc(S(C)(=O)=O)cc1. The fraction of sp³-hybridized carbons (Fsp3) is 0.350. The lowest BCUT2D eigenvalue weighted by molar-refractivity contribution is 0.321. The molecule has 0 saturated heterocycles. The topological polar surface area (TPSA) is 79.8 Å². The van der Waals surface area contributed by atoms with Crippen LogP contribution in [-0.2, 0) is 16.3 Å². The molecule has 0 aromatic heterocycles. The molecule has 0 radical (unpaired) electrons. The van der Waals surface area contributed by atoms with E-state index in [-0.39, 0.29) is 4.90 Å². The van der Waals surface area contributed by atoms with Crippen molar-refractivity contribution in [2.75, 3.05) is 32.5 Å². The van der Waals surface area contributed by atoms with Crippen LogP contribution >= 0.6 is 11.6 Å². The Hall–Kier alpha value is -2.25. The van der Waals surface area contributed by atoms with E-state index in [4.69, 9.17) is 16.3 Å². The van der Waals surface area contributed by atoms with Gasteiger partial charge in [-0.25, -0.2) is 8.42 Å². The number of hydrogen-bond acceptors (Lipinski definition) is 4. The summed E-state index contributed by atoms with van der Waals surface area (Å²) in [5, 5.41) is 7.16. The average Bonchev–Trinajstić information content (AvgIpc) is 2.66. The van der Waals surface area contributed by atoms with Crippen LogP contribution in [0.2, 0.25) is 5.02 Å². The number of halogens is 1. The molecule has 0 amide bonds. The fourth-order valence-corrected chi connectivity index (χ4v) is 3.31. The molecule has 0 bridgehead atoms. The molecule has 0 aliphatic carbocycles. The number of nitrogens with one attached hydrogen (secondary N) is 2. The van der Waals surface area contributed by atoms with Crippen LogP contribution in [0.25, 0.3) is 0 Å². The highest BCUT2D eigenvalue weighted by Gasteiger charge is 2.06. The minimum atomic E-state index is -3.19. The Morgan fingerprint density at radius 1 is 1.11 bits per heavy atom. The number of ether oxygens (including phenoxy) is 1. The lowest BCUT2D eigenvalue weighted by Gasteiger charge is -2.12. The molecule has 2 N–H and O–H groups in total. The lowest BCUT2D eigenvalue weighted by atomic mass is 10.1. The van der Waals surface area contributed by atoms with Gasteiger partial charge in [-0.15, -0.1) is 0 Å². The van der Waals surface area contributed by atoms with Gasteiger partial charge in [-0.05, 0) is 49.2 Å². The molecule has 0 spiro atoms. The second-order valence-corrected chi connectivity index (χ2v) is 8.54. The summed E-state index contributed by atoms with van der Waals surface area (Å²) in [5.74, 6) is 1.33. The first kappa shape index (κ1) is 22.0. The second kappa shape index (κ2) is 10.9. The number of aliphatic imine (C=N–C) groups is 1. The van der Waals surface area contributed by atoms with Crippen molar-refractivity contribution in [2.24, 2.45) is 4.99 Å². The van der Waals surface area contributed by atoms with Crippen molar-refractivity contribution >= 4 is 27.4 Å². The highest BCUT2D eigenvalue weighted by atomic mass is 35.5. The van der Waals surface area contributed by atoms with Crippen molar-refractivity contribution < 1.29 is 13.2 Å². The zero-order valence-electron chi connectivity index (χ0n) is 16.1. The molecule has 0 aliphatic rings. The Morgan fingerprint density at radius 2 is 1.82 bits per heavy atom. The zero-order chi connectivity index (χ0) is 20.4. The first-order valence-corrected chi connectivity index (χ1v) is 11.4. The first-order chi connectivity index (χ1) is 13.4. The summed E-state index contributed by atoms with van der Waals surface area (Å²) in [6, 6.07) is 14.1. The molecule has 28 heavy (non-hydrogen) atoms. The third-order valence-corrected chi connectivity index (χ3v) is 5.37. The summed E-state index contributed by atoms with van der Waals surface area (Å²) in [5.41, 5.74) is 1.07. The third kappa shape index (κ3) is 7.40. The van der Waals surface area contributed by atoms with Gasteiger partial charge in [0.15, 0.2) is 15.8 Å². The maximum Gasteiger partial charge on any atom is 0.191 e. The van der Waals surface area contributed by atoms with Crippen LogP contribution in [0.4, 0.5) is 0 Å². The van der Waals surface area contributed by atoms with E-state index in [9.17, 15) is 8.42 Å². The number of sulfone groups is 1. The molecule has 2 rings (SSSR count). The largest absolute Gasteiger partial charge is 0.492 e. The minimum absolute atomic E-state index is 0.276. The summed E-state index contributed by atoms with van der Waals surface area (Å²) in [6.07, 6.45) is 1.94. The third-order valence-electron chi connectivity index (χ3n) is 3.87. The van der Waals surface area contributed by atoms with Crippen molar-refractivity contribution in [3.05, 3.63) is 59.1 Å². The molecule has 2 aromatic carbocycles. The predicted octanol–water partition coefficient (Wildman–Crippen LogP) is 2.92. The molecule has 0 aliphatic heterocycles. The van der Waals surface area contributed by atoms with Gasteiger partial charge < -0.3 is 15.4 Å². The average molecular weight is 424 g/mol. The van der Waals surface area contributed by atoms with Crippen molar-refractivity contribution in [1.82, 2.24) is 10.6 Å². The van der Waals surface area contributed by atoms with Gasteiger partial charge >= 0.3 is 0 Å². The number of nitrogens with zero attached hydrogens (tertiary/aromatic N) is 1. The van der Waals surface area contributed by atoms with Gasteiger partial charge in [-0.2, -0.15) is 0 Å². The van der Waals surface area contributed by atoms with Gasteiger partial charge in [0.25, 0.3) is 0 Å². The summed E-state index contributed by atoms with van der Waals surface area (Å²) in [6.45, 7) is 4.36. The minimum Gasteiger partial charge on any atom is -0.492 e. The molecule has 0 unspecified atom stereocenters. The monoisotopic (exact) mass is 423 g/mol. The Labute approximate surface area is 171 Å². The van der Waals surface area contributed by atoms with Gasteiger partial charge in [0.2, 0.25) is 0 Å². The van der Waals surface area contributed by atoms with E-state index in [0.29, 0.717) is 31.4 Å². The van der Waals surface area contributed by atoms with Crippen LogP contribution in [0.15, 0.2) is 58.4 Å². The van der Waals surface area contributed by atoms with E-state index in [0.717, 1.165) is 23.6 Å². The van der Waals surface area contributed by atoms with Crippen LogP contribution in [0.5, 0.6) is 5.75 Å². The lowest BCUT2D eigenvalue weighted by Crippen LogP contribution is -2.39. The normalized spacial score (nSPS) is 11.9. The number of rotatable bonds is 9. The molecule has 8 heteroatoms. The van der Waals surface area contributed by atoms with Gasteiger partial charge in [0.05, 0.1) is 11.4 Å². The maximum atomic E-state index is 11.5. The van der Waals surface area contributed by atoms with E-state index in [1.54, 1.807) is 24.3 Å². The van der Waals surface area contributed by atoms with E-state index < -0.39 is 9.84 Å². The molecular weight excluding hydrogens is 398 g/mol. The second-order valence-electron chi connectivity index (χ2n) is 6.12. The summed E-state index contributed by atoms with van der Waals surface area (Å²) in [7, 11) is -3.19. The van der Waals surface area contributed by atoms with Gasteiger partial charge in [-0.1, -0.05) is 29.8 Å². The van der Waals surface area contributed by atoms with Crippen molar-refractivity contribution in [3.63, 3.8) is 0 Å². The number of hydrogen-bond donors (Lipinski definition) is 2. The molecule has 0 saturated carbocycles. The van der Waals surface area contributed by atoms with Crippen LogP contribution in [-0.4, -0.2) is 46.9 Å². The molecule has 0 heterocycles. The first-order valence-electron chi connectivity index (χ1n) is 9.08. The van der Waals surface area contributed by atoms with Crippen molar-refractivity contribution in [2.45, 2.75) is 18.2 Å². The fourth-order valence-electron chi connectivity index (χ4n) is 2.45. The van der Waals surface area contributed by atoms with Gasteiger partial charge in [-0.3, -0.25) is 4.99 Å².